The summed E-state index contributed by atoms with van der Waals surface area (Å²) in [6, 6.07) is 8.30. The maximum absolute atomic E-state index is 8.58. The molecule has 3 N–H and O–H groups in total. The molecule has 1 rings (SSSR count). The van der Waals surface area contributed by atoms with Crippen LogP contribution in [0.1, 0.15) is 12.0 Å². The topological polar surface area (TPSA) is 36.8 Å². The SMILES string of the molecule is OCCC[NH2+]Cc1cccc(Br)c1. The first kappa shape index (κ1) is 10.7. The van der Waals surface area contributed by atoms with E-state index in [-0.39, 0.29) is 6.61 Å². The Morgan fingerprint density at radius 3 is 2.92 bits per heavy atom. The number of rotatable bonds is 5. The highest BCUT2D eigenvalue weighted by molar-refractivity contribution is 9.10. The van der Waals surface area contributed by atoms with Crippen LogP contribution in [0.2, 0.25) is 0 Å². The smallest absolute Gasteiger partial charge is 0.101 e. The van der Waals surface area contributed by atoms with Gasteiger partial charge in [0.05, 0.1) is 6.54 Å². The molecule has 0 aromatic heterocycles. The van der Waals surface area contributed by atoms with Crippen molar-refractivity contribution in [3.05, 3.63) is 34.3 Å². The quantitative estimate of drug-likeness (QED) is 0.743. The first-order valence-electron chi connectivity index (χ1n) is 4.50. The predicted octanol–water partition coefficient (Wildman–Crippen LogP) is 0.895. The van der Waals surface area contributed by atoms with Gasteiger partial charge in [-0.2, -0.15) is 0 Å². The van der Waals surface area contributed by atoms with Gasteiger partial charge < -0.3 is 10.4 Å². The molecule has 72 valence electrons. The highest BCUT2D eigenvalue weighted by atomic mass is 79.9. The lowest BCUT2D eigenvalue weighted by atomic mass is 10.2. The molecule has 3 heteroatoms. The monoisotopic (exact) mass is 244 g/mol. The molecule has 0 atom stereocenters. The number of nitrogens with two attached hydrogens (primary N) is 1. The van der Waals surface area contributed by atoms with Crippen LogP contribution < -0.4 is 5.32 Å². The molecule has 0 unspecified atom stereocenters. The van der Waals surface area contributed by atoms with Crippen LogP contribution in [-0.2, 0) is 6.54 Å². The van der Waals surface area contributed by atoms with E-state index in [1.54, 1.807) is 0 Å². The Morgan fingerprint density at radius 2 is 2.23 bits per heavy atom. The average Bonchev–Trinajstić information content (AvgIpc) is 2.13. The van der Waals surface area contributed by atoms with E-state index in [9.17, 15) is 0 Å². The van der Waals surface area contributed by atoms with E-state index >= 15 is 0 Å². The molecular weight excluding hydrogens is 230 g/mol. The van der Waals surface area contributed by atoms with Crippen molar-refractivity contribution in [1.82, 2.24) is 0 Å². The van der Waals surface area contributed by atoms with E-state index in [2.05, 4.69) is 33.4 Å². The van der Waals surface area contributed by atoms with Gasteiger partial charge in [0.2, 0.25) is 0 Å². The minimum atomic E-state index is 0.287. The van der Waals surface area contributed by atoms with Crippen molar-refractivity contribution >= 4 is 15.9 Å². The molecule has 0 aliphatic rings. The fourth-order valence-electron chi connectivity index (χ4n) is 1.17. The maximum atomic E-state index is 8.58. The lowest BCUT2D eigenvalue weighted by molar-refractivity contribution is -0.671. The molecular formula is C10H15BrNO+. The molecule has 0 heterocycles. The molecule has 0 amide bonds. The summed E-state index contributed by atoms with van der Waals surface area (Å²) in [6.45, 7) is 2.26. The minimum Gasteiger partial charge on any atom is -0.396 e. The van der Waals surface area contributed by atoms with Crippen LogP contribution in [0.15, 0.2) is 28.7 Å². The zero-order chi connectivity index (χ0) is 9.52. The molecule has 2 nitrogen and oxygen atoms in total. The lowest BCUT2D eigenvalue weighted by Gasteiger charge is -2.00. The van der Waals surface area contributed by atoms with Crippen LogP contribution >= 0.6 is 15.9 Å². The van der Waals surface area contributed by atoms with Gasteiger partial charge in [0.25, 0.3) is 0 Å². The van der Waals surface area contributed by atoms with Crippen LogP contribution in [0.3, 0.4) is 0 Å². The third kappa shape index (κ3) is 4.41. The second-order valence-electron chi connectivity index (χ2n) is 2.99. The van der Waals surface area contributed by atoms with Gasteiger partial charge in [-0.25, -0.2) is 0 Å². The van der Waals surface area contributed by atoms with Crippen molar-refractivity contribution in [1.29, 1.82) is 0 Å². The zero-order valence-corrected chi connectivity index (χ0v) is 9.13. The molecule has 0 saturated carbocycles. The number of hydrogen-bond acceptors (Lipinski definition) is 1. The number of benzene rings is 1. The van der Waals surface area contributed by atoms with Crippen molar-refractivity contribution in [2.24, 2.45) is 0 Å². The van der Waals surface area contributed by atoms with Crippen molar-refractivity contribution in [3.8, 4) is 0 Å². The van der Waals surface area contributed by atoms with E-state index in [0.717, 1.165) is 24.0 Å². The molecule has 1 aromatic carbocycles. The van der Waals surface area contributed by atoms with E-state index < -0.39 is 0 Å². The van der Waals surface area contributed by atoms with Gasteiger partial charge in [-0.05, 0) is 12.1 Å². The van der Waals surface area contributed by atoms with Gasteiger partial charge in [0.1, 0.15) is 6.54 Å². The maximum Gasteiger partial charge on any atom is 0.101 e. The molecule has 1 aromatic rings. The van der Waals surface area contributed by atoms with Crippen LogP contribution in [0.25, 0.3) is 0 Å². The van der Waals surface area contributed by atoms with Crippen molar-refractivity contribution in [3.63, 3.8) is 0 Å². The van der Waals surface area contributed by atoms with Gasteiger partial charge in [-0.1, -0.05) is 28.1 Å². The fraction of sp³-hybridized carbons (Fsp3) is 0.400. The predicted molar refractivity (Wildman–Crippen MR) is 56.3 cm³/mol. The Labute approximate surface area is 87.1 Å². The standard InChI is InChI=1S/C10H14BrNO/c11-10-4-1-3-9(7-10)8-12-5-2-6-13/h1,3-4,7,12-13H,2,5-6,8H2/p+1. The van der Waals surface area contributed by atoms with Crippen LogP contribution in [0, 0.1) is 0 Å². The molecule has 0 spiro atoms. The van der Waals surface area contributed by atoms with E-state index in [1.165, 1.54) is 5.56 Å². The van der Waals surface area contributed by atoms with Crippen molar-refractivity contribution < 1.29 is 10.4 Å². The molecule has 0 radical (unpaired) electrons. The van der Waals surface area contributed by atoms with Crippen LogP contribution in [-0.4, -0.2) is 18.3 Å². The van der Waals surface area contributed by atoms with Crippen molar-refractivity contribution in [2.75, 3.05) is 13.2 Å². The summed E-state index contributed by atoms with van der Waals surface area (Å²) in [7, 11) is 0. The second kappa shape index (κ2) is 6.13. The van der Waals surface area contributed by atoms with E-state index in [1.807, 2.05) is 12.1 Å². The number of halogens is 1. The first-order valence-corrected chi connectivity index (χ1v) is 5.29. The van der Waals surface area contributed by atoms with Gasteiger partial charge >= 0.3 is 0 Å². The zero-order valence-electron chi connectivity index (χ0n) is 7.54. The Kier molecular flexibility index (Phi) is 5.05. The van der Waals surface area contributed by atoms with Crippen molar-refractivity contribution in [2.45, 2.75) is 13.0 Å². The van der Waals surface area contributed by atoms with E-state index in [4.69, 9.17) is 5.11 Å². The Hall–Kier alpha value is -0.380. The number of aliphatic hydroxyl groups excluding tert-OH is 1. The summed E-state index contributed by atoms with van der Waals surface area (Å²) >= 11 is 3.43. The number of aliphatic hydroxyl groups is 1. The Bertz CT molecular complexity index is 252. The summed E-state index contributed by atoms with van der Waals surface area (Å²) in [5.41, 5.74) is 1.31. The average molecular weight is 245 g/mol. The highest BCUT2D eigenvalue weighted by Crippen LogP contribution is 2.10. The summed E-state index contributed by atoms with van der Waals surface area (Å²) in [5, 5.41) is 10.8. The van der Waals surface area contributed by atoms with Gasteiger partial charge in [0.15, 0.2) is 0 Å². The highest BCUT2D eigenvalue weighted by Gasteiger charge is 1.95. The lowest BCUT2D eigenvalue weighted by Crippen LogP contribution is -2.82. The Balaban J connectivity index is 2.28. The second-order valence-corrected chi connectivity index (χ2v) is 3.90. The summed E-state index contributed by atoms with van der Waals surface area (Å²) in [4.78, 5) is 0. The van der Waals surface area contributed by atoms with Crippen LogP contribution in [0.4, 0.5) is 0 Å². The molecule has 13 heavy (non-hydrogen) atoms. The number of hydrogen-bond donors (Lipinski definition) is 2. The summed E-state index contributed by atoms with van der Waals surface area (Å²) in [5.74, 6) is 0. The first-order chi connectivity index (χ1) is 6.33. The Morgan fingerprint density at radius 1 is 1.38 bits per heavy atom. The fourth-order valence-corrected chi connectivity index (χ4v) is 1.61. The molecule has 0 aliphatic heterocycles. The third-order valence-corrected chi connectivity index (χ3v) is 2.33. The largest absolute Gasteiger partial charge is 0.396 e. The molecule has 0 saturated heterocycles. The van der Waals surface area contributed by atoms with E-state index in [0.29, 0.717) is 0 Å². The number of quaternary nitrogens is 1. The third-order valence-electron chi connectivity index (χ3n) is 1.84. The molecule has 0 bridgehead atoms. The normalized spacial score (nSPS) is 10.3. The summed E-state index contributed by atoms with van der Waals surface area (Å²) in [6.07, 6.45) is 0.869. The van der Waals surface area contributed by atoms with Gasteiger partial charge in [-0.3, -0.25) is 0 Å². The molecule has 0 aliphatic carbocycles. The van der Waals surface area contributed by atoms with Gasteiger partial charge in [0, 0.05) is 23.1 Å². The van der Waals surface area contributed by atoms with Gasteiger partial charge in [-0.15, -0.1) is 0 Å². The van der Waals surface area contributed by atoms with Crippen LogP contribution in [0.5, 0.6) is 0 Å². The summed E-state index contributed by atoms with van der Waals surface area (Å²) < 4.78 is 1.13. The minimum absolute atomic E-state index is 0.287. The molecule has 0 fully saturated rings.